The van der Waals surface area contributed by atoms with Gasteiger partial charge in [-0.15, -0.1) is 10.2 Å². The molecule has 0 atom stereocenters. The lowest BCUT2D eigenvalue weighted by molar-refractivity contribution is 0.174. The van der Waals surface area contributed by atoms with Crippen molar-refractivity contribution < 1.29 is 9.53 Å². The first-order valence-corrected chi connectivity index (χ1v) is 6.07. The van der Waals surface area contributed by atoms with Crippen LogP contribution in [0.4, 0.5) is 9.93 Å². The molecule has 1 N–H and O–H groups in total. The minimum absolute atomic E-state index is 0.182. The van der Waals surface area contributed by atoms with Crippen LogP contribution in [0.3, 0.4) is 0 Å². The average Bonchev–Trinajstić information content (AvgIpc) is 2.63. The predicted octanol–water partition coefficient (Wildman–Crippen LogP) is 2.38. The molecule has 1 rings (SSSR count). The third-order valence-electron chi connectivity index (χ3n) is 1.22. The molecule has 0 aliphatic rings. The van der Waals surface area contributed by atoms with Crippen LogP contribution in [-0.4, -0.2) is 28.7 Å². The molecule has 0 unspecified atom stereocenters. The Morgan fingerprint density at radius 1 is 1.73 bits per heavy atom. The molecule has 1 aromatic rings. The highest BCUT2D eigenvalue weighted by Gasteiger charge is 2.07. The van der Waals surface area contributed by atoms with Gasteiger partial charge in [0.15, 0.2) is 4.34 Å². The van der Waals surface area contributed by atoms with Crippen molar-refractivity contribution in [2.45, 2.75) is 11.3 Å². The number of ether oxygens (including phenoxy) is 1. The monoisotopic (exact) mass is 245 g/mol. The summed E-state index contributed by atoms with van der Waals surface area (Å²) in [6.07, 6.45) is 0.956. The van der Waals surface area contributed by atoms with Crippen molar-refractivity contribution in [3.05, 3.63) is 12.7 Å². The summed E-state index contributed by atoms with van der Waals surface area (Å²) in [7, 11) is 0. The van der Waals surface area contributed by atoms with Crippen molar-refractivity contribution in [3.63, 3.8) is 0 Å². The molecule has 15 heavy (non-hydrogen) atoms. The number of carbonyl (C=O) groups excluding carboxylic acids is 1. The maximum Gasteiger partial charge on any atom is 0.413 e. The first-order valence-electron chi connectivity index (χ1n) is 4.27. The molecule has 0 saturated heterocycles. The van der Waals surface area contributed by atoms with E-state index in [9.17, 15) is 4.79 Å². The highest BCUT2D eigenvalue weighted by Crippen LogP contribution is 2.24. The van der Waals surface area contributed by atoms with E-state index >= 15 is 0 Å². The molecule has 0 aliphatic carbocycles. The van der Waals surface area contributed by atoms with E-state index in [1.54, 1.807) is 11.8 Å². The number of carbonyl (C=O) groups is 1. The summed E-state index contributed by atoms with van der Waals surface area (Å²) in [6.45, 7) is 5.64. The Bertz CT molecular complexity index is 340. The average molecular weight is 245 g/mol. The normalized spacial score (nSPS) is 9.67. The highest BCUT2D eigenvalue weighted by atomic mass is 32.2. The van der Waals surface area contributed by atoms with Crippen LogP contribution < -0.4 is 5.32 Å². The molecule has 5 nitrogen and oxygen atoms in total. The molecule has 0 radical (unpaired) electrons. The maximum absolute atomic E-state index is 11.1. The molecule has 0 spiro atoms. The van der Waals surface area contributed by atoms with E-state index in [-0.39, 0.29) is 6.61 Å². The molecule has 82 valence electrons. The largest absolute Gasteiger partial charge is 0.445 e. The third kappa shape index (κ3) is 4.30. The molecular weight excluding hydrogens is 234 g/mol. The molecule has 0 bridgehead atoms. The lowest BCUT2D eigenvalue weighted by Crippen LogP contribution is -2.13. The van der Waals surface area contributed by atoms with Crippen molar-refractivity contribution in [1.29, 1.82) is 0 Å². The summed E-state index contributed by atoms with van der Waals surface area (Å²) in [5, 5.41) is 10.6. The van der Waals surface area contributed by atoms with Gasteiger partial charge < -0.3 is 4.74 Å². The Hall–Kier alpha value is -1.08. The summed E-state index contributed by atoms with van der Waals surface area (Å²) >= 11 is 2.90. The first kappa shape index (κ1) is 12.0. The SMILES string of the molecule is C=CCOC(=O)Nc1nnc(SCC)s1. The number of rotatable bonds is 5. The first-order chi connectivity index (χ1) is 7.26. The number of hydrogen-bond donors (Lipinski definition) is 1. The lowest BCUT2D eigenvalue weighted by atomic mass is 10.7. The van der Waals surface area contributed by atoms with E-state index in [2.05, 4.69) is 22.1 Å². The fourth-order valence-electron chi connectivity index (χ4n) is 0.700. The number of anilines is 1. The van der Waals surface area contributed by atoms with Gasteiger partial charge in [0.25, 0.3) is 0 Å². The van der Waals surface area contributed by atoms with E-state index in [1.165, 1.54) is 17.4 Å². The van der Waals surface area contributed by atoms with Crippen LogP contribution in [0.25, 0.3) is 0 Å². The van der Waals surface area contributed by atoms with Crippen LogP contribution in [0.1, 0.15) is 6.92 Å². The molecule has 1 aromatic heterocycles. The quantitative estimate of drug-likeness (QED) is 0.490. The highest BCUT2D eigenvalue weighted by molar-refractivity contribution is 8.01. The van der Waals surface area contributed by atoms with E-state index in [0.29, 0.717) is 5.13 Å². The zero-order valence-corrected chi connectivity index (χ0v) is 9.86. The van der Waals surface area contributed by atoms with E-state index in [1.807, 2.05) is 6.92 Å². The van der Waals surface area contributed by atoms with Gasteiger partial charge in [0.2, 0.25) is 5.13 Å². The van der Waals surface area contributed by atoms with Gasteiger partial charge in [-0.05, 0) is 5.75 Å². The zero-order chi connectivity index (χ0) is 11.1. The second kappa shape index (κ2) is 6.41. The summed E-state index contributed by atoms with van der Waals surface area (Å²) in [6, 6.07) is 0. The van der Waals surface area contributed by atoms with Crippen LogP contribution in [0.2, 0.25) is 0 Å². The summed E-state index contributed by atoms with van der Waals surface area (Å²) in [5.41, 5.74) is 0. The smallest absolute Gasteiger partial charge is 0.413 e. The number of hydrogen-bond acceptors (Lipinski definition) is 6. The molecule has 7 heteroatoms. The van der Waals surface area contributed by atoms with Gasteiger partial charge in [0.1, 0.15) is 6.61 Å². The van der Waals surface area contributed by atoms with Gasteiger partial charge in [-0.3, -0.25) is 5.32 Å². The second-order valence-electron chi connectivity index (χ2n) is 2.32. The molecule has 0 aromatic carbocycles. The van der Waals surface area contributed by atoms with Gasteiger partial charge in [-0.2, -0.15) is 0 Å². The topological polar surface area (TPSA) is 64.1 Å². The molecule has 0 fully saturated rings. The zero-order valence-electron chi connectivity index (χ0n) is 8.23. The van der Waals surface area contributed by atoms with Gasteiger partial charge in [0.05, 0.1) is 0 Å². The summed E-state index contributed by atoms with van der Waals surface area (Å²) in [5.74, 6) is 0.926. The Morgan fingerprint density at radius 2 is 2.53 bits per heavy atom. The molecular formula is C8H11N3O2S2. The van der Waals surface area contributed by atoms with Crippen molar-refractivity contribution >= 4 is 34.3 Å². The standard InChI is InChI=1S/C8H11N3O2S2/c1-3-5-13-7(12)9-6-10-11-8(15-6)14-4-2/h3H,1,4-5H2,2H3,(H,9,10,12). The van der Waals surface area contributed by atoms with Crippen LogP contribution in [0.15, 0.2) is 17.0 Å². The minimum atomic E-state index is -0.543. The minimum Gasteiger partial charge on any atom is -0.445 e. The molecule has 0 saturated carbocycles. The number of amides is 1. The van der Waals surface area contributed by atoms with Crippen molar-refractivity contribution in [2.24, 2.45) is 0 Å². The van der Waals surface area contributed by atoms with Crippen molar-refractivity contribution in [3.8, 4) is 0 Å². The van der Waals surface area contributed by atoms with E-state index < -0.39 is 6.09 Å². The van der Waals surface area contributed by atoms with E-state index in [4.69, 9.17) is 4.74 Å². The Labute approximate surface area is 95.9 Å². The number of nitrogens with zero attached hydrogens (tertiary/aromatic N) is 2. The van der Waals surface area contributed by atoms with Gasteiger partial charge in [-0.1, -0.05) is 42.7 Å². The Morgan fingerprint density at radius 3 is 3.20 bits per heavy atom. The molecule has 1 heterocycles. The van der Waals surface area contributed by atoms with Gasteiger partial charge in [0, 0.05) is 0 Å². The van der Waals surface area contributed by atoms with Crippen LogP contribution >= 0.6 is 23.1 Å². The number of thioether (sulfide) groups is 1. The van der Waals surface area contributed by atoms with Crippen LogP contribution in [-0.2, 0) is 4.74 Å². The summed E-state index contributed by atoms with van der Waals surface area (Å²) in [4.78, 5) is 11.1. The third-order valence-corrected chi connectivity index (χ3v) is 3.07. The predicted molar refractivity (Wildman–Crippen MR) is 61.5 cm³/mol. The second-order valence-corrected chi connectivity index (χ2v) is 4.81. The molecule has 1 amide bonds. The number of aromatic nitrogens is 2. The Kier molecular flexibility index (Phi) is 5.13. The van der Waals surface area contributed by atoms with Crippen molar-refractivity contribution in [2.75, 3.05) is 17.7 Å². The molecule has 0 aliphatic heterocycles. The Balaban J connectivity index is 2.42. The van der Waals surface area contributed by atoms with Crippen molar-refractivity contribution in [1.82, 2.24) is 10.2 Å². The number of nitrogens with one attached hydrogen (secondary N) is 1. The fraction of sp³-hybridized carbons (Fsp3) is 0.375. The van der Waals surface area contributed by atoms with Gasteiger partial charge in [-0.25, -0.2) is 4.79 Å². The van der Waals surface area contributed by atoms with Crippen LogP contribution in [0, 0.1) is 0 Å². The maximum atomic E-state index is 11.1. The van der Waals surface area contributed by atoms with Gasteiger partial charge >= 0.3 is 6.09 Å². The fourth-order valence-corrected chi connectivity index (χ4v) is 2.33. The van der Waals surface area contributed by atoms with Crippen LogP contribution in [0.5, 0.6) is 0 Å². The van der Waals surface area contributed by atoms with E-state index in [0.717, 1.165) is 10.1 Å². The summed E-state index contributed by atoms with van der Waals surface area (Å²) < 4.78 is 5.56. The lowest BCUT2D eigenvalue weighted by Gasteiger charge is -1.99.